The van der Waals surface area contributed by atoms with Crippen LogP contribution in [0.1, 0.15) is 20.8 Å². The molecule has 3 heteroatoms. The number of rotatable bonds is 2. The number of amides is 1. The second-order valence-electron chi connectivity index (χ2n) is 3.41. The van der Waals surface area contributed by atoms with Gasteiger partial charge in [-0.25, -0.2) is 0 Å². The van der Waals surface area contributed by atoms with E-state index in [2.05, 4.69) is 0 Å². The van der Waals surface area contributed by atoms with Crippen molar-refractivity contribution in [1.29, 1.82) is 5.41 Å². The minimum Gasteiger partial charge on any atom is -0.369 e. The number of carbonyl (C=O) groups is 1. The van der Waals surface area contributed by atoms with Crippen LogP contribution in [0.15, 0.2) is 0 Å². The molecule has 1 unspecified atom stereocenters. The highest BCUT2D eigenvalue weighted by molar-refractivity contribution is 5.92. The lowest BCUT2D eigenvalue weighted by atomic mass is 9.81. The van der Waals surface area contributed by atoms with Gasteiger partial charge in [-0.2, -0.15) is 0 Å². The second kappa shape index (κ2) is 2.82. The molecule has 0 heterocycles. The van der Waals surface area contributed by atoms with Gasteiger partial charge < -0.3 is 11.1 Å². The maximum atomic E-state index is 10.6. The summed E-state index contributed by atoms with van der Waals surface area (Å²) in [5, 5.41) is 6.92. The molecule has 0 aromatic carbocycles. The lowest BCUT2D eigenvalue weighted by Gasteiger charge is -2.23. The Bertz CT molecular complexity index is 146. The van der Waals surface area contributed by atoms with E-state index in [1.165, 1.54) is 0 Å². The Labute approximate surface area is 61.1 Å². The van der Waals surface area contributed by atoms with Gasteiger partial charge in [-0.1, -0.05) is 20.8 Å². The standard InChI is InChI=1S/C7H14N2O/c1-7(2,3)5(4-8)6(9)10/h4-5,8H,1-3H3,(H2,9,10). The van der Waals surface area contributed by atoms with Crippen molar-refractivity contribution in [2.24, 2.45) is 17.1 Å². The molecule has 0 aromatic heterocycles. The van der Waals surface area contributed by atoms with Crippen molar-refractivity contribution in [3.05, 3.63) is 0 Å². The van der Waals surface area contributed by atoms with Crippen molar-refractivity contribution in [3.8, 4) is 0 Å². The van der Waals surface area contributed by atoms with Gasteiger partial charge in [0.1, 0.15) is 0 Å². The van der Waals surface area contributed by atoms with Crippen LogP contribution in [0, 0.1) is 16.7 Å². The predicted octanol–water partition coefficient (Wildman–Crippen LogP) is 0.784. The summed E-state index contributed by atoms with van der Waals surface area (Å²) in [6, 6.07) is 0. The molecule has 0 aliphatic carbocycles. The topological polar surface area (TPSA) is 66.9 Å². The molecule has 0 bridgehead atoms. The fourth-order valence-electron chi connectivity index (χ4n) is 0.759. The molecule has 0 saturated heterocycles. The molecule has 0 aliphatic rings. The van der Waals surface area contributed by atoms with E-state index in [0.29, 0.717) is 0 Å². The van der Waals surface area contributed by atoms with Crippen LogP contribution in [0.5, 0.6) is 0 Å². The third-order valence-electron chi connectivity index (χ3n) is 1.41. The van der Waals surface area contributed by atoms with E-state index in [4.69, 9.17) is 11.1 Å². The van der Waals surface area contributed by atoms with Gasteiger partial charge >= 0.3 is 0 Å². The van der Waals surface area contributed by atoms with Crippen LogP contribution in [0.25, 0.3) is 0 Å². The number of hydrogen-bond acceptors (Lipinski definition) is 2. The molecule has 0 saturated carbocycles. The van der Waals surface area contributed by atoms with Gasteiger partial charge in [-0.15, -0.1) is 0 Å². The first-order chi connectivity index (χ1) is 4.39. The second-order valence-corrected chi connectivity index (χ2v) is 3.41. The number of primary amides is 1. The average Bonchev–Trinajstić information content (AvgIpc) is 1.60. The Balaban J connectivity index is 4.36. The van der Waals surface area contributed by atoms with Gasteiger partial charge in [-0.05, 0) is 5.41 Å². The first kappa shape index (κ1) is 9.14. The van der Waals surface area contributed by atoms with E-state index >= 15 is 0 Å². The van der Waals surface area contributed by atoms with Gasteiger partial charge in [0.2, 0.25) is 5.91 Å². The van der Waals surface area contributed by atoms with Crippen LogP contribution < -0.4 is 5.73 Å². The highest BCUT2D eigenvalue weighted by atomic mass is 16.1. The molecule has 3 nitrogen and oxygen atoms in total. The van der Waals surface area contributed by atoms with Gasteiger partial charge in [0.15, 0.2) is 0 Å². The van der Waals surface area contributed by atoms with Crippen LogP contribution in [-0.2, 0) is 4.79 Å². The summed E-state index contributed by atoms with van der Waals surface area (Å²) >= 11 is 0. The van der Waals surface area contributed by atoms with Crippen molar-refractivity contribution in [1.82, 2.24) is 0 Å². The monoisotopic (exact) mass is 142 g/mol. The smallest absolute Gasteiger partial charge is 0.226 e. The van der Waals surface area contributed by atoms with Gasteiger partial charge in [0, 0.05) is 6.21 Å². The van der Waals surface area contributed by atoms with Crippen molar-refractivity contribution in [2.75, 3.05) is 0 Å². The van der Waals surface area contributed by atoms with Crippen LogP contribution in [0.3, 0.4) is 0 Å². The summed E-state index contributed by atoms with van der Waals surface area (Å²) in [4.78, 5) is 10.6. The van der Waals surface area contributed by atoms with E-state index < -0.39 is 11.8 Å². The first-order valence-electron chi connectivity index (χ1n) is 3.19. The summed E-state index contributed by atoms with van der Waals surface area (Å²) in [7, 11) is 0. The lowest BCUT2D eigenvalue weighted by Crippen LogP contribution is -2.34. The Morgan fingerprint density at radius 1 is 1.60 bits per heavy atom. The maximum Gasteiger partial charge on any atom is 0.226 e. The lowest BCUT2D eigenvalue weighted by molar-refractivity contribution is -0.122. The summed E-state index contributed by atoms with van der Waals surface area (Å²) < 4.78 is 0. The molecule has 0 spiro atoms. The Morgan fingerprint density at radius 3 is 2.00 bits per heavy atom. The number of hydrogen-bond donors (Lipinski definition) is 2. The molecule has 0 aliphatic heterocycles. The minimum atomic E-state index is -0.451. The Kier molecular flexibility index (Phi) is 2.57. The molecule has 3 N–H and O–H groups in total. The van der Waals surface area contributed by atoms with Crippen LogP contribution >= 0.6 is 0 Å². The van der Waals surface area contributed by atoms with Gasteiger partial charge in [0.05, 0.1) is 5.92 Å². The molecule has 1 atom stereocenters. The largest absolute Gasteiger partial charge is 0.369 e. The van der Waals surface area contributed by atoms with Crippen LogP contribution in [0.2, 0.25) is 0 Å². The van der Waals surface area contributed by atoms with Crippen molar-refractivity contribution < 1.29 is 4.79 Å². The van der Waals surface area contributed by atoms with E-state index in [1.807, 2.05) is 20.8 Å². The van der Waals surface area contributed by atoms with E-state index in [1.54, 1.807) is 0 Å². The first-order valence-corrected chi connectivity index (χ1v) is 3.19. The third kappa shape index (κ3) is 2.17. The van der Waals surface area contributed by atoms with Gasteiger partial charge in [-0.3, -0.25) is 4.79 Å². The Hall–Kier alpha value is -0.860. The average molecular weight is 142 g/mol. The SMILES string of the molecule is CC(C)(C)C(C=N)C(N)=O. The molecule has 1 amide bonds. The summed E-state index contributed by atoms with van der Waals surface area (Å²) in [6.07, 6.45) is 1.10. The summed E-state index contributed by atoms with van der Waals surface area (Å²) in [6.45, 7) is 5.65. The van der Waals surface area contributed by atoms with Crippen molar-refractivity contribution >= 4 is 12.1 Å². The molecule has 0 radical (unpaired) electrons. The van der Waals surface area contributed by atoms with Crippen LogP contribution in [0.4, 0.5) is 0 Å². The highest BCUT2D eigenvalue weighted by Gasteiger charge is 2.26. The number of nitrogens with two attached hydrogens (primary N) is 1. The fraction of sp³-hybridized carbons (Fsp3) is 0.714. The fourth-order valence-corrected chi connectivity index (χ4v) is 0.759. The van der Waals surface area contributed by atoms with Crippen molar-refractivity contribution in [3.63, 3.8) is 0 Å². The quantitative estimate of drug-likeness (QED) is 0.550. The van der Waals surface area contributed by atoms with Crippen molar-refractivity contribution in [2.45, 2.75) is 20.8 Å². The molecule has 58 valence electrons. The molecule has 0 rings (SSSR count). The number of carbonyl (C=O) groups excluding carboxylic acids is 1. The molecular formula is C7H14N2O. The zero-order chi connectivity index (χ0) is 8.36. The van der Waals surface area contributed by atoms with Crippen LogP contribution in [-0.4, -0.2) is 12.1 Å². The molecule has 0 fully saturated rings. The van der Waals surface area contributed by atoms with E-state index in [-0.39, 0.29) is 5.41 Å². The zero-order valence-electron chi connectivity index (χ0n) is 6.64. The zero-order valence-corrected chi connectivity index (χ0v) is 6.64. The minimum absolute atomic E-state index is 0.229. The molecule has 10 heavy (non-hydrogen) atoms. The number of nitrogens with one attached hydrogen (secondary N) is 1. The predicted molar refractivity (Wildman–Crippen MR) is 40.9 cm³/mol. The summed E-state index contributed by atoms with van der Waals surface area (Å²) in [5.41, 5.74) is 4.81. The summed E-state index contributed by atoms with van der Waals surface area (Å²) in [5.74, 6) is -0.880. The normalized spacial score (nSPS) is 14.3. The molecule has 0 aromatic rings. The maximum absolute atomic E-state index is 10.6. The van der Waals surface area contributed by atoms with E-state index in [0.717, 1.165) is 6.21 Å². The molecular weight excluding hydrogens is 128 g/mol. The third-order valence-corrected chi connectivity index (χ3v) is 1.41. The van der Waals surface area contributed by atoms with E-state index in [9.17, 15) is 4.79 Å². The highest BCUT2D eigenvalue weighted by Crippen LogP contribution is 2.23. The van der Waals surface area contributed by atoms with Gasteiger partial charge in [0.25, 0.3) is 0 Å². The Morgan fingerprint density at radius 2 is 2.00 bits per heavy atom.